The molecular formula is C19H35NO3. The summed E-state index contributed by atoms with van der Waals surface area (Å²) in [6, 6.07) is 0.0941. The summed E-state index contributed by atoms with van der Waals surface area (Å²) >= 11 is 0. The molecule has 0 aromatic carbocycles. The third-order valence-corrected chi connectivity index (χ3v) is 6.39. The van der Waals surface area contributed by atoms with E-state index in [-0.39, 0.29) is 40.1 Å². The Kier molecular flexibility index (Phi) is 4.33. The van der Waals surface area contributed by atoms with E-state index in [2.05, 4.69) is 55.4 Å². The van der Waals surface area contributed by atoms with E-state index in [1.54, 1.807) is 4.90 Å². The molecule has 0 N–H and O–H groups in total. The number of nitrogens with zero attached hydrogens (tertiary/aromatic N) is 1. The number of ether oxygens (including phenoxy) is 2. The Balaban J connectivity index is 2.45. The minimum absolute atomic E-state index is 0.0617. The molecule has 134 valence electrons. The van der Waals surface area contributed by atoms with Gasteiger partial charge in [0.25, 0.3) is 0 Å². The van der Waals surface area contributed by atoms with Gasteiger partial charge in [0, 0.05) is 12.5 Å². The van der Waals surface area contributed by atoms with Gasteiger partial charge in [-0.2, -0.15) is 0 Å². The average molecular weight is 325 g/mol. The van der Waals surface area contributed by atoms with E-state index in [0.717, 1.165) is 12.8 Å². The van der Waals surface area contributed by atoms with Gasteiger partial charge in [-0.3, -0.25) is 0 Å². The van der Waals surface area contributed by atoms with Gasteiger partial charge in [-0.15, -0.1) is 0 Å². The van der Waals surface area contributed by atoms with Gasteiger partial charge in [0.2, 0.25) is 0 Å². The fraction of sp³-hybridized carbons (Fsp3) is 0.947. The van der Waals surface area contributed by atoms with Crippen molar-refractivity contribution in [3.8, 4) is 0 Å². The fourth-order valence-electron chi connectivity index (χ4n) is 4.15. The zero-order valence-electron chi connectivity index (χ0n) is 16.4. The van der Waals surface area contributed by atoms with Gasteiger partial charge in [-0.05, 0) is 37.5 Å². The van der Waals surface area contributed by atoms with E-state index in [9.17, 15) is 4.79 Å². The Bertz CT molecular complexity index is 479. The van der Waals surface area contributed by atoms with Gasteiger partial charge in [0.1, 0.15) is 6.10 Å². The molecule has 4 nitrogen and oxygen atoms in total. The lowest BCUT2D eigenvalue weighted by Gasteiger charge is -2.50. The average Bonchev–Trinajstić information content (AvgIpc) is 2.63. The summed E-state index contributed by atoms with van der Waals surface area (Å²) < 4.78 is 12.1. The van der Waals surface area contributed by atoms with Gasteiger partial charge >= 0.3 is 6.09 Å². The smallest absolute Gasteiger partial charge is 0.410 e. The van der Waals surface area contributed by atoms with Crippen LogP contribution in [0.1, 0.15) is 68.2 Å². The molecule has 0 aromatic rings. The molecule has 0 spiro atoms. The summed E-state index contributed by atoms with van der Waals surface area (Å²) in [7, 11) is 1.86. The molecule has 0 bridgehead atoms. The topological polar surface area (TPSA) is 38.8 Å². The summed E-state index contributed by atoms with van der Waals surface area (Å²) in [4.78, 5) is 14.0. The standard InChI is InChI=1S/C19H35NO3/c1-16(2)12-22-19(7,8)11-18(5,6)17(3,4)10-13-14(16)23-15(21)20(13)9/h13-14H,10-12H2,1-9H3. The maximum Gasteiger partial charge on any atom is 0.410 e. The summed E-state index contributed by atoms with van der Waals surface area (Å²) in [5, 5.41) is 0. The highest BCUT2D eigenvalue weighted by molar-refractivity contribution is 5.70. The second-order valence-corrected chi connectivity index (χ2v) is 10.2. The molecule has 2 aliphatic rings. The molecule has 2 rings (SSSR count). The molecule has 23 heavy (non-hydrogen) atoms. The zero-order valence-corrected chi connectivity index (χ0v) is 16.4. The van der Waals surface area contributed by atoms with Crippen molar-refractivity contribution in [1.82, 2.24) is 4.90 Å². The highest BCUT2D eigenvalue weighted by atomic mass is 16.6. The number of amides is 1. The molecule has 0 aliphatic carbocycles. The second-order valence-electron chi connectivity index (χ2n) is 10.2. The van der Waals surface area contributed by atoms with Crippen LogP contribution in [0.5, 0.6) is 0 Å². The third-order valence-electron chi connectivity index (χ3n) is 6.39. The molecule has 2 aliphatic heterocycles. The van der Waals surface area contributed by atoms with Crippen molar-refractivity contribution in [2.24, 2.45) is 16.2 Å². The van der Waals surface area contributed by atoms with Crippen LogP contribution >= 0.6 is 0 Å². The van der Waals surface area contributed by atoms with Crippen molar-refractivity contribution in [2.45, 2.75) is 86.0 Å². The first-order valence-electron chi connectivity index (χ1n) is 8.76. The Hall–Kier alpha value is -0.770. The number of hydrogen-bond donors (Lipinski definition) is 0. The van der Waals surface area contributed by atoms with E-state index in [1.807, 2.05) is 7.05 Å². The first kappa shape index (κ1) is 18.6. The number of likely N-dealkylation sites (N-methyl/N-ethyl adjacent to an activating group) is 1. The van der Waals surface area contributed by atoms with Crippen LogP contribution in [0.4, 0.5) is 4.79 Å². The number of rotatable bonds is 0. The number of hydrogen-bond acceptors (Lipinski definition) is 3. The Morgan fingerprint density at radius 3 is 2.13 bits per heavy atom. The van der Waals surface area contributed by atoms with Gasteiger partial charge in [-0.1, -0.05) is 41.5 Å². The second kappa shape index (κ2) is 5.37. The normalized spacial score (nSPS) is 35.3. The Morgan fingerprint density at radius 1 is 1.00 bits per heavy atom. The Labute approximate surface area is 141 Å². The molecule has 2 fully saturated rings. The molecule has 2 unspecified atom stereocenters. The van der Waals surface area contributed by atoms with Crippen molar-refractivity contribution in [2.75, 3.05) is 13.7 Å². The van der Waals surface area contributed by atoms with E-state index in [4.69, 9.17) is 9.47 Å². The van der Waals surface area contributed by atoms with Gasteiger partial charge in [0.05, 0.1) is 18.2 Å². The first-order chi connectivity index (χ1) is 10.2. The van der Waals surface area contributed by atoms with Crippen molar-refractivity contribution in [3.63, 3.8) is 0 Å². The molecule has 2 atom stereocenters. The quantitative estimate of drug-likeness (QED) is 0.659. The Morgan fingerprint density at radius 2 is 1.57 bits per heavy atom. The number of carbonyl (C=O) groups excluding carboxylic acids is 1. The van der Waals surface area contributed by atoms with E-state index in [1.165, 1.54) is 0 Å². The lowest BCUT2D eigenvalue weighted by molar-refractivity contribution is -0.129. The lowest BCUT2D eigenvalue weighted by atomic mass is 9.60. The van der Waals surface area contributed by atoms with Crippen LogP contribution in [0.25, 0.3) is 0 Å². The van der Waals surface area contributed by atoms with Crippen molar-refractivity contribution in [3.05, 3.63) is 0 Å². The predicted octanol–water partition coefficient (Wildman–Crippen LogP) is 4.47. The van der Waals surface area contributed by atoms with E-state index >= 15 is 0 Å². The molecule has 2 heterocycles. The van der Waals surface area contributed by atoms with Gasteiger partial charge < -0.3 is 14.4 Å². The molecule has 0 radical (unpaired) electrons. The van der Waals surface area contributed by atoms with Gasteiger partial charge in [0.15, 0.2) is 0 Å². The number of carbonyl (C=O) groups is 1. The van der Waals surface area contributed by atoms with Crippen LogP contribution in [0, 0.1) is 16.2 Å². The minimum Gasteiger partial charge on any atom is -0.443 e. The van der Waals surface area contributed by atoms with Crippen LogP contribution in [-0.4, -0.2) is 42.4 Å². The fourth-order valence-corrected chi connectivity index (χ4v) is 4.15. The summed E-state index contributed by atoms with van der Waals surface area (Å²) in [6.07, 6.45) is 1.58. The summed E-state index contributed by atoms with van der Waals surface area (Å²) in [5.41, 5.74) is -0.249. The van der Waals surface area contributed by atoms with Crippen LogP contribution in [0.3, 0.4) is 0 Å². The molecule has 0 aromatic heterocycles. The van der Waals surface area contributed by atoms with Crippen molar-refractivity contribution in [1.29, 1.82) is 0 Å². The largest absolute Gasteiger partial charge is 0.443 e. The lowest BCUT2D eigenvalue weighted by Crippen LogP contribution is -2.52. The minimum atomic E-state index is -0.208. The van der Waals surface area contributed by atoms with E-state index in [0.29, 0.717) is 6.61 Å². The molecule has 4 heteroatoms. The van der Waals surface area contributed by atoms with Crippen molar-refractivity contribution < 1.29 is 14.3 Å². The molecule has 0 saturated carbocycles. The van der Waals surface area contributed by atoms with Crippen molar-refractivity contribution >= 4 is 6.09 Å². The maximum atomic E-state index is 12.2. The van der Waals surface area contributed by atoms with Crippen LogP contribution in [0.15, 0.2) is 0 Å². The monoisotopic (exact) mass is 325 g/mol. The summed E-state index contributed by atoms with van der Waals surface area (Å²) in [6.45, 7) is 18.5. The SMILES string of the molecule is CN1C(=O)OC2C1CC(C)(C)C(C)(C)CC(C)(C)OCC2(C)C. The zero-order chi connectivity index (χ0) is 17.8. The highest BCUT2D eigenvalue weighted by Gasteiger charge is 2.53. The van der Waals surface area contributed by atoms with Crippen LogP contribution in [0.2, 0.25) is 0 Å². The predicted molar refractivity (Wildman–Crippen MR) is 92.4 cm³/mol. The third kappa shape index (κ3) is 3.38. The van der Waals surface area contributed by atoms with Gasteiger partial charge in [-0.25, -0.2) is 4.79 Å². The highest BCUT2D eigenvalue weighted by Crippen LogP contribution is 2.51. The van der Waals surface area contributed by atoms with Crippen LogP contribution < -0.4 is 0 Å². The maximum absolute atomic E-state index is 12.2. The summed E-state index contributed by atoms with van der Waals surface area (Å²) in [5.74, 6) is 0. The van der Waals surface area contributed by atoms with Crippen LogP contribution in [-0.2, 0) is 9.47 Å². The molecular weight excluding hydrogens is 290 g/mol. The first-order valence-corrected chi connectivity index (χ1v) is 8.76. The molecule has 2 saturated heterocycles. The number of fused-ring (bicyclic) bond motifs is 1. The molecule has 1 amide bonds. The van der Waals surface area contributed by atoms with E-state index < -0.39 is 0 Å².